The number of amides is 2. The number of nitrogens with zero attached hydrogens (tertiary/aromatic N) is 5. The van der Waals surface area contributed by atoms with E-state index in [1.54, 1.807) is 27.9 Å². The van der Waals surface area contributed by atoms with Gasteiger partial charge in [0.1, 0.15) is 23.7 Å². The molecule has 4 N–H and O–H groups in total. The molecule has 1 atom stereocenters. The fourth-order valence-electron chi connectivity index (χ4n) is 4.83. The summed E-state index contributed by atoms with van der Waals surface area (Å²) in [5.41, 5.74) is 9.20. The summed E-state index contributed by atoms with van der Waals surface area (Å²) in [6, 6.07) is 11.1. The maximum absolute atomic E-state index is 13.0. The van der Waals surface area contributed by atoms with E-state index in [2.05, 4.69) is 15.4 Å². The van der Waals surface area contributed by atoms with Gasteiger partial charge in [0.15, 0.2) is 0 Å². The van der Waals surface area contributed by atoms with Gasteiger partial charge < -0.3 is 40.2 Å². The molecular weight excluding hydrogens is 554 g/mol. The molecule has 3 heterocycles. The zero-order valence-electron chi connectivity index (χ0n) is 25.0. The van der Waals surface area contributed by atoms with E-state index in [0.29, 0.717) is 70.3 Å². The molecule has 4 rings (SSSR count). The summed E-state index contributed by atoms with van der Waals surface area (Å²) in [6.07, 6.45) is 1.65. The minimum atomic E-state index is -0.760. The van der Waals surface area contributed by atoms with Gasteiger partial charge in [-0.2, -0.15) is 10.1 Å². The van der Waals surface area contributed by atoms with Crippen LogP contribution < -0.4 is 25.4 Å². The van der Waals surface area contributed by atoms with Crippen LogP contribution in [-0.4, -0.2) is 89.3 Å². The van der Waals surface area contributed by atoms with Crippen LogP contribution in [0.5, 0.6) is 11.6 Å². The predicted octanol–water partition coefficient (Wildman–Crippen LogP) is 1.86. The minimum Gasteiger partial charge on any atom is -0.487 e. The van der Waals surface area contributed by atoms with Gasteiger partial charge in [-0.05, 0) is 61.2 Å². The average Bonchev–Trinajstić information content (AvgIpc) is 3.45. The van der Waals surface area contributed by atoms with Crippen LogP contribution in [0.2, 0.25) is 0 Å². The first-order valence-electron chi connectivity index (χ1n) is 14.4. The van der Waals surface area contributed by atoms with Gasteiger partial charge in [-0.3, -0.25) is 9.48 Å². The fourth-order valence-corrected chi connectivity index (χ4v) is 4.83. The largest absolute Gasteiger partial charge is 0.487 e. The van der Waals surface area contributed by atoms with Gasteiger partial charge in [-0.25, -0.2) is 4.79 Å². The number of piperazine rings is 1. The number of nitrogens with one attached hydrogen (secondary N) is 1. The minimum absolute atomic E-state index is 0.0749. The summed E-state index contributed by atoms with van der Waals surface area (Å²) >= 11 is 0. The SMILES string of the molecule is CCOc1nc(N2CCN(C(=O)OC)CC2)ccc1C(=O)NCC(O)CCc1ccc(OCc2ccnn2C)cc1CN. The highest BCUT2D eigenvalue weighted by Gasteiger charge is 2.24. The second-order valence-corrected chi connectivity index (χ2v) is 10.2. The fraction of sp³-hybridized carbons (Fsp3) is 0.467. The Hall–Kier alpha value is -4.36. The molecule has 1 aliphatic heterocycles. The molecule has 2 aromatic heterocycles. The second kappa shape index (κ2) is 15.2. The first kappa shape index (κ1) is 31.6. The Balaban J connectivity index is 1.29. The van der Waals surface area contributed by atoms with Crippen molar-refractivity contribution in [1.82, 2.24) is 25.0 Å². The zero-order chi connectivity index (χ0) is 30.8. The quantitative estimate of drug-likeness (QED) is 0.266. The van der Waals surface area contributed by atoms with Crippen molar-refractivity contribution in [2.45, 2.75) is 39.0 Å². The summed E-state index contributed by atoms with van der Waals surface area (Å²) in [7, 11) is 3.23. The number of hydrogen-bond acceptors (Lipinski definition) is 10. The average molecular weight is 596 g/mol. The molecule has 0 aliphatic carbocycles. The van der Waals surface area contributed by atoms with E-state index in [1.807, 2.05) is 43.1 Å². The predicted molar refractivity (Wildman–Crippen MR) is 160 cm³/mol. The number of ether oxygens (including phenoxy) is 3. The number of aliphatic hydroxyl groups excluding tert-OH is 1. The number of carbonyl (C=O) groups excluding carboxylic acids is 2. The van der Waals surface area contributed by atoms with Gasteiger partial charge in [-0.1, -0.05) is 6.07 Å². The number of carbonyl (C=O) groups is 2. The molecule has 1 unspecified atom stereocenters. The summed E-state index contributed by atoms with van der Waals surface area (Å²) in [6.45, 7) is 5.16. The molecule has 13 heteroatoms. The van der Waals surface area contributed by atoms with Crippen molar-refractivity contribution in [2.75, 3.05) is 51.3 Å². The number of benzene rings is 1. The van der Waals surface area contributed by atoms with Gasteiger partial charge >= 0.3 is 6.09 Å². The molecular formula is C30H41N7O6. The molecule has 0 spiro atoms. The summed E-state index contributed by atoms with van der Waals surface area (Å²) in [5.74, 6) is 1.22. The van der Waals surface area contributed by atoms with Crippen LogP contribution in [-0.2, 0) is 31.4 Å². The Morgan fingerprint density at radius 1 is 1.09 bits per heavy atom. The molecule has 0 bridgehead atoms. The van der Waals surface area contributed by atoms with Crippen LogP contribution in [0, 0.1) is 0 Å². The van der Waals surface area contributed by atoms with E-state index in [9.17, 15) is 14.7 Å². The molecule has 1 fully saturated rings. The Bertz CT molecular complexity index is 1370. The molecule has 1 saturated heterocycles. The number of aromatic nitrogens is 3. The van der Waals surface area contributed by atoms with Crippen molar-refractivity contribution in [3.8, 4) is 11.6 Å². The molecule has 232 valence electrons. The third-order valence-electron chi connectivity index (χ3n) is 7.36. The lowest BCUT2D eigenvalue weighted by Gasteiger charge is -2.34. The van der Waals surface area contributed by atoms with Gasteiger partial charge in [0.2, 0.25) is 5.88 Å². The van der Waals surface area contributed by atoms with Crippen molar-refractivity contribution in [1.29, 1.82) is 0 Å². The standard InChI is InChI=1S/C30H41N7O6/c1-4-42-29-26(9-10-27(34-29)36-13-15-37(16-14-36)30(40)41-3)28(39)32-19-24(38)7-5-21-6-8-25(17-22(21)18-31)43-20-23-11-12-33-35(23)2/h6,8-12,17,24,38H,4-5,7,13-16,18-20,31H2,1-3H3,(H,32,39). The van der Waals surface area contributed by atoms with Crippen LogP contribution >= 0.6 is 0 Å². The molecule has 2 amide bonds. The summed E-state index contributed by atoms with van der Waals surface area (Å²) in [5, 5.41) is 17.6. The molecule has 1 aliphatic rings. The van der Waals surface area contributed by atoms with Gasteiger partial charge in [-0.15, -0.1) is 0 Å². The van der Waals surface area contributed by atoms with Crippen LogP contribution in [0.15, 0.2) is 42.6 Å². The number of pyridine rings is 1. The Morgan fingerprint density at radius 3 is 2.56 bits per heavy atom. The smallest absolute Gasteiger partial charge is 0.409 e. The van der Waals surface area contributed by atoms with Crippen molar-refractivity contribution in [3.63, 3.8) is 0 Å². The van der Waals surface area contributed by atoms with E-state index < -0.39 is 6.10 Å². The number of anilines is 1. The van der Waals surface area contributed by atoms with Crippen LogP contribution in [0.3, 0.4) is 0 Å². The van der Waals surface area contributed by atoms with E-state index in [0.717, 1.165) is 16.8 Å². The highest BCUT2D eigenvalue weighted by molar-refractivity contribution is 5.96. The molecule has 3 aromatic rings. The lowest BCUT2D eigenvalue weighted by atomic mass is 10.0. The number of aliphatic hydroxyl groups is 1. The Labute approximate surface area is 251 Å². The monoisotopic (exact) mass is 595 g/mol. The van der Waals surface area contributed by atoms with Crippen molar-refractivity contribution in [2.24, 2.45) is 12.8 Å². The van der Waals surface area contributed by atoms with Crippen LogP contribution in [0.25, 0.3) is 0 Å². The van der Waals surface area contributed by atoms with Crippen LogP contribution in [0.4, 0.5) is 10.6 Å². The topological polar surface area (TPSA) is 157 Å². The van der Waals surface area contributed by atoms with E-state index >= 15 is 0 Å². The first-order chi connectivity index (χ1) is 20.8. The number of aryl methyl sites for hydroxylation is 2. The third kappa shape index (κ3) is 8.36. The second-order valence-electron chi connectivity index (χ2n) is 10.2. The van der Waals surface area contributed by atoms with E-state index in [4.69, 9.17) is 19.9 Å². The highest BCUT2D eigenvalue weighted by atomic mass is 16.5. The molecule has 1 aromatic carbocycles. The molecule has 13 nitrogen and oxygen atoms in total. The molecule has 0 saturated carbocycles. The summed E-state index contributed by atoms with van der Waals surface area (Å²) < 4.78 is 18.1. The number of hydrogen-bond donors (Lipinski definition) is 3. The summed E-state index contributed by atoms with van der Waals surface area (Å²) in [4.78, 5) is 33.0. The van der Waals surface area contributed by atoms with Crippen molar-refractivity contribution < 1.29 is 28.9 Å². The van der Waals surface area contributed by atoms with Gasteiger partial charge in [0.25, 0.3) is 5.91 Å². The maximum atomic E-state index is 13.0. The zero-order valence-corrected chi connectivity index (χ0v) is 25.0. The van der Waals surface area contributed by atoms with Gasteiger partial charge in [0.05, 0.1) is 25.5 Å². The number of rotatable bonds is 13. The van der Waals surface area contributed by atoms with Crippen molar-refractivity contribution >= 4 is 17.8 Å². The molecule has 0 radical (unpaired) electrons. The third-order valence-corrected chi connectivity index (χ3v) is 7.36. The Kier molecular flexibility index (Phi) is 11.2. The van der Waals surface area contributed by atoms with Crippen molar-refractivity contribution in [3.05, 3.63) is 65.0 Å². The maximum Gasteiger partial charge on any atom is 0.409 e. The number of methoxy groups -OCH3 is 1. The Morgan fingerprint density at radius 2 is 1.88 bits per heavy atom. The van der Waals surface area contributed by atoms with Gasteiger partial charge in [0, 0.05) is 52.5 Å². The number of nitrogens with two attached hydrogens (primary N) is 1. The van der Waals surface area contributed by atoms with E-state index in [-0.39, 0.29) is 30.0 Å². The molecule has 43 heavy (non-hydrogen) atoms. The van der Waals surface area contributed by atoms with E-state index in [1.165, 1.54) is 7.11 Å². The lowest BCUT2D eigenvalue weighted by Crippen LogP contribution is -2.49. The first-order valence-corrected chi connectivity index (χ1v) is 14.4. The highest BCUT2D eigenvalue weighted by Crippen LogP contribution is 2.23. The van der Waals surface area contributed by atoms with Crippen LogP contribution in [0.1, 0.15) is 40.5 Å². The normalized spacial score (nSPS) is 13.9. The lowest BCUT2D eigenvalue weighted by molar-refractivity contribution is 0.0906.